The third kappa shape index (κ3) is 6.60. The molecular formula is C32H32FN3O3S+2. The van der Waals surface area contributed by atoms with Crippen molar-refractivity contribution in [2.45, 2.75) is 30.3 Å². The number of carbonyl (C=O) groups excluding carboxylic acids is 1. The lowest BCUT2D eigenvalue weighted by Gasteiger charge is -2.20. The number of hydrogen-bond acceptors (Lipinski definition) is 3. The zero-order valence-corrected chi connectivity index (χ0v) is 22.8. The molecule has 0 saturated heterocycles. The molecule has 5 rings (SSSR count). The third-order valence-corrected chi connectivity index (χ3v) is 7.82. The second-order valence-corrected chi connectivity index (χ2v) is 10.8. The summed E-state index contributed by atoms with van der Waals surface area (Å²) < 4.78 is 35.9. The van der Waals surface area contributed by atoms with E-state index in [9.17, 15) is 17.9 Å². The summed E-state index contributed by atoms with van der Waals surface area (Å²) >= 11 is -2.67. The Balaban J connectivity index is 1.36. The van der Waals surface area contributed by atoms with Crippen molar-refractivity contribution < 1.29 is 23.3 Å². The number of nitrogens with two attached hydrogens (primary N) is 1. The average molecular weight is 558 g/mol. The van der Waals surface area contributed by atoms with Gasteiger partial charge in [-0.25, -0.2) is 4.39 Å². The van der Waals surface area contributed by atoms with E-state index < -0.39 is 16.9 Å². The molecule has 4 aromatic rings. The Hall–Kier alpha value is -3.95. The van der Waals surface area contributed by atoms with Crippen molar-refractivity contribution in [3.63, 3.8) is 0 Å². The number of amides is 1. The molecule has 4 aromatic carbocycles. The molecule has 1 aliphatic rings. The van der Waals surface area contributed by atoms with Crippen molar-refractivity contribution in [1.29, 1.82) is 0 Å². The second-order valence-electron chi connectivity index (χ2n) is 9.76. The highest BCUT2D eigenvalue weighted by Gasteiger charge is 2.28. The molecule has 0 saturated carbocycles. The van der Waals surface area contributed by atoms with Crippen molar-refractivity contribution in [2.24, 2.45) is 0 Å². The molecular weight excluding hydrogens is 525 g/mol. The first kappa shape index (κ1) is 27.6. The minimum Gasteiger partial charge on any atom is -0.349 e. The van der Waals surface area contributed by atoms with Gasteiger partial charge >= 0.3 is 0 Å². The van der Waals surface area contributed by atoms with Crippen molar-refractivity contribution in [2.75, 3.05) is 6.54 Å². The number of quaternary nitrogens is 1. The van der Waals surface area contributed by atoms with Gasteiger partial charge in [0.05, 0.1) is 17.3 Å². The van der Waals surface area contributed by atoms with Gasteiger partial charge in [0.25, 0.3) is 5.91 Å². The number of hydrogen-bond donors (Lipinski definition) is 4. The summed E-state index contributed by atoms with van der Waals surface area (Å²) in [6.45, 7) is 1.49. The second kappa shape index (κ2) is 12.9. The molecule has 1 heterocycles. The minimum absolute atomic E-state index is 0.101. The summed E-state index contributed by atoms with van der Waals surface area (Å²) in [6, 6.07) is 27.4. The van der Waals surface area contributed by atoms with E-state index in [0.717, 1.165) is 30.8 Å². The largest absolute Gasteiger partial charge is 0.349 e. The lowest BCUT2D eigenvalue weighted by molar-refractivity contribution is -0.490. The summed E-state index contributed by atoms with van der Waals surface area (Å²) in [5.41, 5.74) is 5.23. The molecule has 6 nitrogen and oxygen atoms in total. The summed E-state index contributed by atoms with van der Waals surface area (Å²) in [4.78, 5) is 13.8. The van der Waals surface area contributed by atoms with Crippen molar-refractivity contribution >= 4 is 28.8 Å². The van der Waals surface area contributed by atoms with E-state index >= 15 is 0 Å². The van der Waals surface area contributed by atoms with Crippen LogP contribution in [0.5, 0.6) is 0 Å². The maximum atomic E-state index is 14.1. The highest BCUT2D eigenvalue weighted by Crippen LogP contribution is 2.36. The molecule has 2 atom stereocenters. The lowest BCUT2D eigenvalue weighted by atomic mass is 9.96. The van der Waals surface area contributed by atoms with Crippen molar-refractivity contribution in [3.05, 3.63) is 125 Å². The fraction of sp³-hybridized carbons (Fsp3) is 0.156. The van der Waals surface area contributed by atoms with Gasteiger partial charge in [-0.05, 0) is 60.8 Å². The topological polar surface area (TPSA) is 95.0 Å². The molecule has 40 heavy (non-hydrogen) atoms. The highest BCUT2D eigenvalue weighted by molar-refractivity contribution is 7.79. The van der Waals surface area contributed by atoms with Crippen LogP contribution in [0.1, 0.15) is 33.5 Å². The van der Waals surface area contributed by atoms with Gasteiger partial charge in [0.2, 0.25) is 11.1 Å². The van der Waals surface area contributed by atoms with Crippen LogP contribution in [0.2, 0.25) is 0 Å². The summed E-state index contributed by atoms with van der Waals surface area (Å²) in [5, 5.41) is 8.55. The van der Waals surface area contributed by atoms with E-state index in [1.807, 2.05) is 54.0 Å². The van der Waals surface area contributed by atoms with Gasteiger partial charge < -0.3 is 10.6 Å². The van der Waals surface area contributed by atoms with Crippen LogP contribution in [0.3, 0.4) is 0 Å². The zero-order chi connectivity index (χ0) is 27.9. The number of benzene rings is 4. The number of rotatable bonds is 11. The Kier molecular flexibility index (Phi) is 8.93. The van der Waals surface area contributed by atoms with Crippen LogP contribution in [0, 0.1) is 5.82 Å². The summed E-state index contributed by atoms with van der Waals surface area (Å²) in [7, 11) is 0. The molecule has 1 aliphatic heterocycles. The molecule has 0 fully saturated rings. The fourth-order valence-electron chi connectivity index (χ4n) is 5.05. The van der Waals surface area contributed by atoms with E-state index in [0.29, 0.717) is 28.7 Å². The minimum atomic E-state index is -2.67. The van der Waals surface area contributed by atoms with E-state index in [1.54, 1.807) is 12.1 Å². The Labute approximate surface area is 235 Å². The number of carbonyl (C=O) groups is 1. The van der Waals surface area contributed by atoms with Crippen LogP contribution in [-0.4, -0.2) is 23.0 Å². The highest BCUT2D eigenvalue weighted by atomic mass is 32.2. The summed E-state index contributed by atoms with van der Waals surface area (Å²) in [5.74, 6) is -0.693. The standard InChI is InChI=1S/C32H30FN3O3S/c33-24-11-14-30(40(38)39)29(20-24)26-12-13-28(27-16-18-35-31(26)27)32(37)36-25(19-22-7-3-1-4-8-22)15-17-34-21-23-9-5-2-6-10-23/h1-14,16,18,20,25,34-35H,15,17,19,21H2,(H,36,37)(H,38,39)/p+2/t25-/m1/s1. The van der Waals surface area contributed by atoms with Crippen LogP contribution in [0.15, 0.2) is 102 Å². The lowest BCUT2D eigenvalue weighted by Crippen LogP contribution is -2.69. The predicted molar refractivity (Wildman–Crippen MR) is 157 cm³/mol. The first-order valence-electron chi connectivity index (χ1n) is 13.2. The Morgan fingerprint density at radius 2 is 1.65 bits per heavy atom. The van der Waals surface area contributed by atoms with Gasteiger partial charge in [-0.3, -0.25) is 10.1 Å². The SMILES string of the molecule is O=C(N[C@H](CCNCc1ccccc1)Cc1ccccc1)c1ccc(-c2cc(F)ccc2[SH+](=O)O)c2c1C=C[NH2+]2. The van der Waals surface area contributed by atoms with E-state index in [4.69, 9.17) is 0 Å². The van der Waals surface area contributed by atoms with Crippen LogP contribution >= 0.6 is 0 Å². The van der Waals surface area contributed by atoms with Gasteiger partial charge in [-0.2, -0.15) is 4.55 Å². The molecule has 1 amide bonds. The van der Waals surface area contributed by atoms with Gasteiger partial charge in [0, 0.05) is 29.8 Å². The van der Waals surface area contributed by atoms with Gasteiger partial charge in [0.1, 0.15) is 5.82 Å². The maximum Gasteiger partial charge on any atom is 0.252 e. The molecule has 8 heteroatoms. The van der Waals surface area contributed by atoms with Gasteiger partial charge in [0.15, 0.2) is 10.6 Å². The monoisotopic (exact) mass is 557 g/mol. The third-order valence-electron chi connectivity index (χ3n) is 7.01. The van der Waals surface area contributed by atoms with Gasteiger partial charge in [-0.1, -0.05) is 64.9 Å². The van der Waals surface area contributed by atoms with Crippen LogP contribution in [0.25, 0.3) is 17.2 Å². The molecule has 0 bridgehead atoms. The van der Waals surface area contributed by atoms with Gasteiger partial charge in [-0.15, -0.1) is 0 Å². The molecule has 204 valence electrons. The average Bonchev–Trinajstić information content (AvgIpc) is 3.46. The molecule has 0 radical (unpaired) electrons. The van der Waals surface area contributed by atoms with E-state index in [1.165, 1.54) is 23.8 Å². The quantitative estimate of drug-likeness (QED) is 0.0929. The molecule has 0 spiro atoms. The van der Waals surface area contributed by atoms with Crippen LogP contribution in [-0.2, 0) is 28.3 Å². The molecule has 0 aromatic heterocycles. The number of halogens is 1. The Morgan fingerprint density at radius 3 is 2.38 bits per heavy atom. The van der Waals surface area contributed by atoms with Crippen LogP contribution in [0.4, 0.5) is 10.1 Å². The first-order valence-corrected chi connectivity index (χ1v) is 14.4. The van der Waals surface area contributed by atoms with E-state index in [2.05, 4.69) is 34.9 Å². The molecule has 0 aliphatic carbocycles. The van der Waals surface area contributed by atoms with E-state index in [-0.39, 0.29) is 16.8 Å². The zero-order valence-electron chi connectivity index (χ0n) is 21.9. The number of nitrogens with one attached hydrogen (secondary N) is 2. The Bertz CT molecular complexity index is 1540. The smallest absolute Gasteiger partial charge is 0.252 e. The number of fused-ring (bicyclic) bond motifs is 1. The van der Waals surface area contributed by atoms with Crippen molar-refractivity contribution in [1.82, 2.24) is 10.6 Å². The predicted octanol–water partition coefficient (Wildman–Crippen LogP) is 4.72. The normalized spacial score (nSPS) is 13.6. The number of thiol groups is 1. The molecule has 1 unspecified atom stereocenters. The van der Waals surface area contributed by atoms with Crippen molar-refractivity contribution in [3.8, 4) is 11.1 Å². The summed E-state index contributed by atoms with van der Waals surface area (Å²) in [6.07, 6.45) is 5.11. The molecule has 5 N–H and O–H groups in total. The first-order chi connectivity index (χ1) is 19.5. The van der Waals surface area contributed by atoms with Crippen LogP contribution < -0.4 is 16.0 Å². The fourth-order valence-corrected chi connectivity index (χ4v) is 5.64. The Morgan fingerprint density at radius 1 is 0.925 bits per heavy atom. The maximum absolute atomic E-state index is 14.1.